The molecule has 0 aliphatic heterocycles. The quantitative estimate of drug-likeness (QED) is 0.260. The van der Waals surface area contributed by atoms with E-state index < -0.39 is 11.9 Å². The van der Waals surface area contributed by atoms with Crippen molar-refractivity contribution >= 4 is 34.3 Å². The predicted molar refractivity (Wildman–Crippen MR) is 140 cm³/mol. The SMILES string of the molecule is CCCOc1ccc(C=C(C#N)C(=O)Nc2sc3c(c2C(=O)OCC)CCC(C(C)(C)C)C3)cc1. The highest BCUT2D eigenvalue weighted by molar-refractivity contribution is 7.17. The maximum absolute atomic E-state index is 13.1. The van der Waals surface area contributed by atoms with E-state index in [-0.39, 0.29) is 17.6 Å². The molecule has 0 bridgehead atoms. The number of hydrogen-bond donors (Lipinski definition) is 1. The van der Waals surface area contributed by atoms with E-state index >= 15 is 0 Å². The van der Waals surface area contributed by atoms with Crippen LogP contribution in [0.25, 0.3) is 6.08 Å². The highest BCUT2D eigenvalue weighted by Gasteiger charge is 2.34. The number of nitrogens with zero attached hydrogens (tertiary/aromatic N) is 1. The second-order valence-corrected chi connectivity index (χ2v) is 10.9. The summed E-state index contributed by atoms with van der Waals surface area (Å²) in [6.45, 7) is 11.4. The Morgan fingerprint density at radius 2 is 1.94 bits per heavy atom. The standard InChI is InChI=1S/C28H34N2O4S/c1-6-14-34-21-11-8-18(9-12-21)15-19(17-29)25(31)30-26-24(27(32)33-7-2)22-13-10-20(28(3,4)5)16-23(22)35-26/h8-9,11-12,15,20H,6-7,10,13-14,16H2,1-5H3,(H,30,31). The van der Waals surface area contributed by atoms with Gasteiger partial charge in [-0.15, -0.1) is 11.3 Å². The van der Waals surface area contributed by atoms with Crippen molar-refractivity contribution in [2.45, 2.75) is 60.3 Å². The van der Waals surface area contributed by atoms with Crippen LogP contribution in [0.1, 0.15) is 73.8 Å². The first-order chi connectivity index (χ1) is 16.7. The molecular formula is C28H34N2O4S. The summed E-state index contributed by atoms with van der Waals surface area (Å²) >= 11 is 1.42. The molecule has 6 nitrogen and oxygen atoms in total. The van der Waals surface area contributed by atoms with Crippen LogP contribution in [0.4, 0.5) is 5.00 Å². The van der Waals surface area contributed by atoms with Crippen LogP contribution >= 0.6 is 11.3 Å². The number of rotatable bonds is 8. The van der Waals surface area contributed by atoms with Gasteiger partial charge in [-0.2, -0.15) is 5.26 Å². The van der Waals surface area contributed by atoms with Gasteiger partial charge in [-0.05, 0) is 73.3 Å². The van der Waals surface area contributed by atoms with Crippen LogP contribution in [0, 0.1) is 22.7 Å². The Kier molecular flexibility index (Phi) is 8.74. The Hall–Kier alpha value is -3.11. The highest BCUT2D eigenvalue weighted by Crippen LogP contribution is 2.44. The molecule has 35 heavy (non-hydrogen) atoms. The van der Waals surface area contributed by atoms with Gasteiger partial charge in [0.2, 0.25) is 0 Å². The summed E-state index contributed by atoms with van der Waals surface area (Å²) in [6, 6.07) is 9.22. The van der Waals surface area contributed by atoms with Crippen molar-refractivity contribution in [1.29, 1.82) is 5.26 Å². The van der Waals surface area contributed by atoms with E-state index in [9.17, 15) is 14.9 Å². The van der Waals surface area contributed by atoms with E-state index in [1.165, 1.54) is 17.4 Å². The van der Waals surface area contributed by atoms with Gasteiger partial charge in [-0.1, -0.05) is 39.8 Å². The average molecular weight is 495 g/mol. The van der Waals surface area contributed by atoms with E-state index in [0.717, 1.165) is 41.9 Å². The summed E-state index contributed by atoms with van der Waals surface area (Å²) < 4.78 is 10.9. The molecule has 1 atom stereocenters. The third-order valence-electron chi connectivity index (χ3n) is 6.23. The van der Waals surface area contributed by atoms with E-state index in [1.807, 2.05) is 25.1 Å². The van der Waals surface area contributed by atoms with Crippen molar-refractivity contribution in [1.82, 2.24) is 0 Å². The lowest BCUT2D eigenvalue weighted by Gasteiger charge is -2.33. The fraction of sp³-hybridized carbons (Fsp3) is 0.464. The van der Waals surface area contributed by atoms with Crippen molar-refractivity contribution < 1.29 is 19.1 Å². The van der Waals surface area contributed by atoms with E-state index in [1.54, 1.807) is 19.1 Å². The van der Waals surface area contributed by atoms with Crippen LogP contribution in [0.2, 0.25) is 0 Å². The largest absolute Gasteiger partial charge is 0.494 e. The third kappa shape index (κ3) is 6.52. The monoisotopic (exact) mass is 494 g/mol. The fourth-order valence-corrected chi connectivity index (χ4v) is 5.51. The molecular weight excluding hydrogens is 460 g/mol. The number of esters is 1. The number of thiophene rings is 1. The lowest BCUT2D eigenvalue weighted by Crippen LogP contribution is -2.26. The molecule has 1 aromatic carbocycles. The molecule has 1 N–H and O–H groups in total. The summed E-state index contributed by atoms with van der Waals surface area (Å²) in [5, 5.41) is 13.0. The summed E-state index contributed by atoms with van der Waals surface area (Å²) in [4.78, 5) is 27.0. The first-order valence-electron chi connectivity index (χ1n) is 12.2. The number of carbonyl (C=O) groups excluding carboxylic acids is 2. The number of hydrogen-bond acceptors (Lipinski definition) is 6. The molecule has 0 spiro atoms. The Morgan fingerprint density at radius 1 is 1.23 bits per heavy atom. The molecule has 1 aliphatic rings. The number of carbonyl (C=O) groups is 2. The Bertz CT molecular complexity index is 1130. The molecule has 0 saturated carbocycles. The molecule has 7 heteroatoms. The average Bonchev–Trinajstić information content (AvgIpc) is 3.18. The van der Waals surface area contributed by atoms with Crippen LogP contribution in [-0.4, -0.2) is 25.1 Å². The first-order valence-corrected chi connectivity index (χ1v) is 13.0. The lowest BCUT2D eigenvalue weighted by atomic mass is 9.72. The van der Waals surface area contributed by atoms with Gasteiger partial charge in [-0.25, -0.2) is 4.79 Å². The molecule has 0 radical (unpaired) electrons. The van der Waals surface area contributed by atoms with Gasteiger partial charge >= 0.3 is 5.97 Å². The number of fused-ring (bicyclic) bond motifs is 1. The smallest absolute Gasteiger partial charge is 0.341 e. The summed E-state index contributed by atoms with van der Waals surface area (Å²) in [6.07, 6.45) is 5.06. The minimum atomic E-state index is -0.546. The normalized spacial score (nSPS) is 15.7. The van der Waals surface area contributed by atoms with Crippen molar-refractivity contribution in [3.05, 3.63) is 51.4 Å². The predicted octanol–water partition coefficient (Wildman–Crippen LogP) is 6.41. The van der Waals surface area contributed by atoms with Gasteiger partial charge < -0.3 is 14.8 Å². The number of benzene rings is 1. The van der Waals surface area contributed by atoms with Crippen LogP contribution in [0.3, 0.4) is 0 Å². The summed E-state index contributed by atoms with van der Waals surface area (Å²) in [7, 11) is 0. The Labute approximate surface area is 211 Å². The number of nitrogens with one attached hydrogen (secondary N) is 1. The zero-order chi connectivity index (χ0) is 25.6. The Balaban J connectivity index is 1.87. The molecule has 3 rings (SSSR count). The molecule has 0 saturated heterocycles. The number of ether oxygens (including phenoxy) is 2. The summed E-state index contributed by atoms with van der Waals surface area (Å²) in [5.74, 6) is 0.254. The topological polar surface area (TPSA) is 88.4 Å². The maximum atomic E-state index is 13.1. The van der Waals surface area contributed by atoms with Gasteiger partial charge in [0.25, 0.3) is 5.91 Å². The van der Waals surface area contributed by atoms with Crippen LogP contribution < -0.4 is 10.1 Å². The van der Waals surface area contributed by atoms with Gasteiger partial charge in [0.05, 0.1) is 18.8 Å². The van der Waals surface area contributed by atoms with Crippen molar-refractivity contribution in [2.75, 3.05) is 18.5 Å². The minimum Gasteiger partial charge on any atom is -0.494 e. The zero-order valence-corrected chi connectivity index (χ0v) is 22.0. The molecule has 0 fully saturated rings. The van der Waals surface area contributed by atoms with Crippen molar-refractivity contribution in [3.63, 3.8) is 0 Å². The van der Waals surface area contributed by atoms with Gasteiger partial charge in [0.15, 0.2) is 0 Å². The molecule has 1 aromatic heterocycles. The number of anilines is 1. The minimum absolute atomic E-state index is 0.0408. The Morgan fingerprint density at radius 3 is 2.54 bits per heavy atom. The van der Waals surface area contributed by atoms with E-state index in [4.69, 9.17) is 9.47 Å². The third-order valence-corrected chi connectivity index (χ3v) is 7.40. The molecule has 2 aromatic rings. The zero-order valence-electron chi connectivity index (χ0n) is 21.2. The molecule has 1 heterocycles. The molecule has 186 valence electrons. The highest BCUT2D eigenvalue weighted by atomic mass is 32.1. The summed E-state index contributed by atoms with van der Waals surface area (Å²) in [5.41, 5.74) is 2.23. The fourth-order valence-electron chi connectivity index (χ4n) is 4.20. The van der Waals surface area contributed by atoms with Crippen molar-refractivity contribution in [3.8, 4) is 11.8 Å². The lowest BCUT2D eigenvalue weighted by molar-refractivity contribution is -0.112. The number of amides is 1. The van der Waals surface area contributed by atoms with Crippen LogP contribution in [-0.2, 0) is 22.4 Å². The molecule has 1 amide bonds. The van der Waals surface area contributed by atoms with Crippen LogP contribution in [0.15, 0.2) is 29.8 Å². The van der Waals surface area contributed by atoms with Gasteiger partial charge in [0, 0.05) is 4.88 Å². The molecule has 1 unspecified atom stereocenters. The number of nitriles is 1. The maximum Gasteiger partial charge on any atom is 0.341 e. The second-order valence-electron chi connectivity index (χ2n) is 9.78. The first kappa shape index (κ1) is 26.5. The van der Waals surface area contributed by atoms with Crippen molar-refractivity contribution in [2.24, 2.45) is 11.3 Å². The second kappa shape index (κ2) is 11.5. The van der Waals surface area contributed by atoms with E-state index in [0.29, 0.717) is 28.7 Å². The van der Waals surface area contributed by atoms with Gasteiger partial charge in [0.1, 0.15) is 22.4 Å². The van der Waals surface area contributed by atoms with E-state index in [2.05, 4.69) is 26.1 Å². The molecule has 1 aliphatic carbocycles. The van der Waals surface area contributed by atoms with Crippen LogP contribution in [0.5, 0.6) is 5.75 Å². The van der Waals surface area contributed by atoms with Gasteiger partial charge in [-0.3, -0.25) is 4.79 Å².